The van der Waals surface area contributed by atoms with E-state index in [1.54, 1.807) is 30.3 Å². The lowest BCUT2D eigenvalue weighted by atomic mass is 9.84. The van der Waals surface area contributed by atoms with Crippen LogP contribution >= 0.6 is 0 Å². The van der Waals surface area contributed by atoms with Gasteiger partial charge < -0.3 is 9.57 Å². The minimum absolute atomic E-state index is 0.138. The number of carbonyl (C=O) groups excluding carboxylic acids is 1. The van der Waals surface area contributed by atoms with Gasteiger partial charge in [0.25, 0.3) is 5.56 Å². The van der Waals surface area contributed by atoms with Crippen molar-refractivity contribution in [2.24, 2.45) is 0 Å². The lowest BCUT2D eigenvalue weighted by Crippen LogP contribution is -2.33. The zero-order valence-electron chi connectivity index (χ0n) is 23.7. The van der Waals surface area contributed by atoms with Crippen LogP contribution in [-0.2, 0) is 17.7 Å². The molecule has 11 heteroatoms. The molecule has 42 heavy (non-hydrogen) atoms. The van der Waals surface area contributed by atoms with Gasteiger partial charge in [0.15, 0.2) is 5.75 Å². The van der Waals surface area contributed by atoms with Crippen LogP contribution in [0.5, 0.6) is 5.75 Å². The van der Waals surface area contributed by atoms with E-state index in [0.29, 0.717) is 23.7 Å². The van der Waals surface area contributed by atoms with Gasteiger partial charge in [-0.3, -0.25) is 15.1 Å². The summed E-state index contributed by atoms with van der Waals surface area (Å²) in [6.07, 6.45) is 10.1. The fourth-order valence-electron chi connectivity index (χ4n) is 5.32. The lowest BCUT2D eigenvalue weighted by Gasteiger charge is -2.28. The van der Waals surface area contributed by atoms with Gasteiger partial charge in [-0.25, -0.2) is 24.3 Å². The Bertz CT molecular complexity index is 1630. The van der Waals surface area contributed by atoms with Crippen molar-refractivity contribution in [3.05, 3.63) is 93.6 Å². The van der Waals surface area contributed by atoms with Crippen molar-refractivity contribution in [3.8, 4) is 23.0 Å². The second kappa shape index (κ2) is 12.1. The predicted molar refractivity (Wildman–Crippen MR) is 155 cm³/mol. The zero-order chi connectivity index (χ0) is 29.1. The Morgan fingerprint density at radius 2 is 1.86 bits per heavy atom. The molecule has 1 saturated heterocycles. The van der Waals surface area contributed by atoms with Crippen molar-refractivity contribution in [2.75, 3.05) is 7.11 Å². The van der Waals surface area contributed by atoms with E-state index in [-0.39, 0.29) is 11.5 Å². The highest BCUT2D eigenvalue weighted by molar-refractivity contribution is 5.71. The normalized spacial score (nSPS) is 16.5. The van der Waals surface area contributed by atoms with Crippen LogP contribution in [0.1, 0.15) is 79.3 Å². The highest BCUT2D eigenvalue weighted by atomic mass is 16.7. The van der Waals surface area contributed by atoms with Gasteiger partial charge in [-0.15, -0.1) is 5.48 Å². The molecule has 4 aromatic rings. The molecule has 1 amide bonds. The number of aryl methyl sites for hydroxylation is 1. The van der Waals surface area contributed by atoms with Gasteiger partial charge in [0.1, 0.15) is 12.0 Å². The molecule has 1 saturated carbocycles. The Morgan fingerprint density at radius 3 is 2.50 bits per heavy atom. The van der Waals surface area contributed by atoms with E-state index in [0.717, 1.165) is 72.4 Å². The third-order valence-electron chi connectivity index (χ3n) is 7.86. The Kier molecular flexibility index (Phi) is 7.91. The Labute approximate surface area is 243 Å². The second-order valence-corrected chi connectivity index (χ2v) is 10.6. The highest BCUT2D eigenvalue weighted by Gasteiger charge is 2.29. The van der Waals surface area contributed by atoms with Crippen LogP contribution in [-0.4, -0.2) is 37.7 Å². The smallest absolute Gasteiger partial charge is 0.427 e. The van der Waals surface area contributed by atoms with E-state index in [9.17, 15) is 9.59 Å². The summed E-state index contributed by atoms with van der Waals surface area (Å²) in [5.74, 6) is 1.78. The van der Waals surface area contributed by atoms with Crippen LogP contribution in [0.25, 0.3) is 17.2 Å². The van der Waals surface area contributed by atoms with Crippen molar-refractivity contribution in [3.63, 3.8) is 0 Å². The molecule has 1 unspecified atom stereocenters. The molecule has 1 aromatic carbocycles. The Morgan fingerprint density at radius 1 is 1.05 bits per heavy atom. The molecule has 0 bridgehead atoms. The molecular weight excluding hydrogens is 534 g/mol. The summed E-state index contributed by atoms with van der Waals surface area (Å²) in [6.45, 7) is 2.14. The molecule has 1 aliphatic carbocycles. The van der Waals surface area contributed by atoms with Gasteiger partial charge in [-0.1, -0.05) is 50.1 Å². The standard InChI is InChI=1S/C31H33N7O4/c1-3-4-12-26-24(29(39)38(28(35-26)20-8-7-9-20)30-33-17-21(41-2)18-34-30)15-19-13-14-25(32-16-19)22-10-5-6-11-23(22)27-36-31(40)42-37-27/h5-6,10-11,13-14,16-18,20,27,37H,3-4,7-9,12,15H2,1-2H3,(H,36,40). The second-order valence-electron chi connectivity index (χ2n) is 10.6. The number of nitrogens with zero attached hydrogens (tertiary/aromatic N) is 5. The number of amides is 1. The van der Waals surface area contributed by atoms with Gasteiger partial charge in [-0.05, 0) is 37.3 Å². The number of hydrogen-bond acceptors (Lipinski definition) is 9. The number of pyridine rings is 1. The van der Waals surface area contributed by atoms with Crippen LogP contribution < -0.4 is 21.1 Å². The number of unbranched alkanes of at least 4 members (excludes halogenated alkanes) is 1. The topological polar surface area (TPSA) is 133 Å². The van der Waals surface area contributed by atoms with E-state index >= 15 is 0 Å². The van der Waals surface area contributed by atoms with Gasteiger partial charge in [0.05, 0.1) is 30.9 Å². The van der Waals surface area contributed by atoms with Crippen molar-refractivity contribution >= 4 is 6.09 Å². The molecule has 1 aliphatic heterocycles. The summed E-state index contributed by atoms with van der Waals surface area (Å²) < 4.78 is 6.83. The summed E-state index contributed by atoms with van der Waals surface area (Å²) in [6, 6.07) is 11.6. The molecule has 1 atom stereocenters. The maximum atomic E-state index is 14.2. The minimum atomic E-state index is -0.528. The number of carbonyl (C=O) groups is 1. The summed E-state index contributed by atoms with van der Waals surface area (Å²) in [5, 5.41) is 2.74. The SMILES string of the molecule is CCCCc1nc(C2CCC2)n(-c2ncc(OC)cn2)c(=O)c1Cc1ccc(-c2ccccc2C2NOC(=O)N2)nc1. The fraction of sp³-hybridized carbons (Fsp3) is 0.355. The highest BCUT2D eigenvalue weighted by Crippen LogP contribution is 2.36. The maximum absolute atomic E-state index is 14.2. The monoisotopic (exact) mass is 567 g/mol. The zero-order valence-corrected chi connectivity index (χ0v) is 23.7. The lowest BCUT2D eigenvalue weighted by molar-refractivity contribution is 0.122. The van der Waals surface area contributed by atoms with Gasteiger partial charge in [0, 0.05) is 35.2 Å². The average Bonchev–Trinajstić information content (AvgIpc) is 3.43. The van der Waals surface area contributed by atoms with Crippen molar-refractivity contribution in [1.82, 2.24) is 35.3 Å². The van der Waals surface area contributed by atoms with Crippen molar-refractivity contribution < 1.29 is 14.4 Å². The molecule has 3 aromatic heterocycles. The van der Waals surface area contributed by atoms with Crippen LogP contribution in [0.3, 0.4) is 0 Å². The summed E-state index contributed by atoms with van der Waals surface area (Å²) in [5.41, 5.74) is 7.37. The average molecular weight is 568 g/mol. The van der Waals surface area contributed by atoms with Crippen LogP contribution in [0.4, 0.5) is 4.79 Å². The molecular formula is C31H33N7O4. The predicted octanol–water partition coefficient (Wildman–Crippen LogP) is 4.54. The number of hydrogen-bond donors (Lipinski definition) is 2. The molecule has 6 rings (SSSR count). The molecule has 2 fully saturated rings. The Balaban J connectivity index is 1.37. The minimum Gasteiger partial charge on any atom is -0.494 e. The molecule has 0 spiro atoms. The number of hydroxylamine groups is 1. The molecule has 0 radical (unpaired) electrons. The first-order valence-corrected chi connectivity index (χ1v) is 14.3. The first-order valence-electron chi connectivity index (χ1n) is 14.3. The van der Waals surface area contributed by atoms with Gasteiger partial charge >= 0.3 is 6.09 Å². The number of methoxy groups -OCH3 is 1. The number of nitrogens with one attached hydrogen (secondary N) is 2. The van der Waals surface area contributed by atoms with Crippen LogP contribution in [0.15, 0.2) is 59.8 Å². The molecule has 11 nitrogen and oxygen atoms in total. The van der Waals surface area contributed by atoms with E-state index in [1.165, 1.54) is 0 Å². The number of ether oxygens (including phenoxy) is 1. The number of rotatable bonds is 10. The van der Waals surface area contributed by atoms with E-state index in [1.807, 2.05) is 36.4 Å². The van der Waals surface area contributed by atoms with E-state index in [4.69, 9.17) is 19.5 Å². The third-order valence-corrected chi connectivity index (χ3v) is 7.86. The van der Waals surface area contributed by atoms with Gasteiger partial charge in [-0.2, -0.15) is 0 Å². The molecule has 216 valence electrons. The molecule has 2 aliphatic rings. The summed E-state index contributed by atoms with van der Waals surface area (Å²) >= 11 is 0. The third kappa shape index (κ3) is 5.47. The first kappa shape index (κ1) is 27.5. The van der Waals surface area contributed by atoms with Crippen LogP contribution in [0, 0.1) is 0 Å². The summed E-state index contributed by atoms with van der Waals surface area (Å²) in [4.78, 5) is 49.4. The fourth-order valence-corrected chi connectivity index (χ4v) is 5.32. The molecule has 4 heterocycles. The maximum Gasteiger partial charge on any atom is 0.427 e. The first-order chi connectivity index (χ1) is 20.6. The van der Waals surface area contributed by atoms with Gasteiger partial charge in [0.2, 0.25) is 5.95 Å². The van der Waals surface area contributed by atoms with Crippen molar-refractivity contribution in [2.45, 2.75) is 64.0 Å². The van der Waals surface area contributed by atoms with E-state index in [2.05, 4.69) is 27.7 Å². The number of aromatic nitrogens is 5. The molecule has 2 N–H and O–H groups in total. The van der Waals surface area contributed by atoms with Crippen molar-refractivity contribution in [1.29, 1.82) is 0 Å². The Hall–Kier alpha value is -4.64. The quantitative estimate of drug-likeness (QED) is 0.283. The van der Waals surface area contributed by atoms with Crippen LogP contribution in [0.2, 0.25) is 0 Å². The summed E-state index contributed by atoms with van der Waals surface area (Å²) in [7, 11) is 1.56. The number of benzene rings is 1. The van der Waals surface area contributed by atoms with E-state index < -0.39 is 12.3 Å². The largest absolute Gasteiger partial charge is 0.494 e.